The van der Waals surface area contributed by atoms with Gasteiger partial charge >= 0.3 is 6.09 Å². The van der Waals surface area contributed by atoms with Gasteiger partial charge in [0.05, 0.1) is 16.7 Å². The van der Waals surface area contributed by atoms with E-state index in [1.165, 1.54) is 4.57 Å². The first-order chi connectivity index (χ1) is 9.31. The number of aromatic nitrogens is 2. The van der Waals surface area contributed by atoms with E-state index in [1.54, 1.807) is 31.3 Å². The normalized spacial score (nSPS) is 12.7. The second kappa shape index (κ2) is 4.96. The highest BCUT2D eigenvalue weighted by Crippen LogP contribution is 2.17. The van der Waals surface area contributed by atoms with Crippen LogP contribution in [0.15, 0.2) is 29.6 Å². The molecule has 0 saturated heterocycles. The molecule has 6 heteroatoms. The number of oxime groups is 1. The third kappa shape index (κ3) is 2.79. The fourth-order valence-electron chi connectivity index (χ4n) is 1.74. The molecule has 0 spiro atoms. The third-order valence-corrected chi connectivity index (χ3v) is 2.65. The summed E-state index contributed by atoms with van der Waals surface area (Å²) in [4.78, 5) is 16.4. The molecule has 0 radical (unpaired) electrons. The Bertz CT molecular complexity index is 681. The lowest BCUT2D eigenvalue weighted by Crippen LogP contribution is -2.26. The van der Waals surface area contributed by atoms with Gasteiger partial charge in [-0.2, -0.15) is 0 Å². The molecule has 0 atom stereocenters. The first kappa shape index (κ1) is 14.0. The quantitative estimate of drug-likeness (QED) is 0.493. The van der Waals surface area contributed by atoms with Crippen molar-refractivity contribution in [1.82, 2.24) is 9.55 Å². The zero-order valence-electron chi connectivity index (χ0n) is 11.9. The standard InChI is InChI=1S/C14H17N3O3/c1-9(16-19)10-5-6-12-11(15-10)7-8-17(12)13(18)20-14(2,3)4/h5-8,19H,1-4H3/b16-9+. The fourth-order valence-corrected chi connectivity index (χ4v) is 1.74. The zero-order chi connectivity index (χ0) is 14.9. The third-order valence-electron chi connectivity index (χ3n) is 2.65. The number of carbonyl (C=O) groups is 1. The SMILES string of the molecule is C/C(=N\O)c1ccc2c(ccn2C(=O)OC(C)(C)C)n1. The maximum atomic E-state index is 12.1. The van der Waals surface area contributed by atoms with E-state index in [-0.39, 0.29) is 0 Å². The number of ether oxygens (including phenoxy) is 1. The maximum absolute atomic E-state index is 12.1. The molecule has 1 N–H and O–H groups in total. The molecule has 0 saturated carbocycles. The molecule has 6 nitrogen and oxygen atoms in total. The number of hydrogen-bond donors (Lipinski definition) is 1. The Labute approximate surface area is 116 Å². The highest BCUT2D eigenvalue weighted by molar-refractivity contribution is 5.98. The smallest absolute Gasteiger partial charge is 0.419 e. The first-order valence-corrected chi connectivity index (χ1v) is 6.22. The molecule has 106 valence electrons. The lowest BCUT2D eigenvalue weighted by atomic mass is 10.2. The van der Waals surface area contributed by atoms with Gasteiger partial charge in [-0.25, -0.2) is 9.78 Å². The van der Waals surface area contributed by atoms with Gasteiger partial charge in [-0.15, -0.1) is 0 Å². The fraction of sp³-hybridized carbons (Fsp3) is 0.357. The second-order valence-corrected chi connectivity index (χ2v) is 5.45. The Morgan fingerprint density at radius 1 is 1.35 bits per heavy atom. The molecule has 2 heterocycles. The van der Waals surface area contributed by atoms with Gasteiger partial charge in [0, 0.05) is 6.20 Å². The van der Waals surface area contributed by atoms with E-state index in [0.717, 1.165) is 0 Å². The van der Waals surface area contributed by atoms with Crippen molar-refractivity contribution in [1.29, 1.82) is 0 Å². The summed E-state index contributed by atoms with van der Waals surface area (Å²) in [5.41, 5.74) is 1.70. The summed E-state index contributed by atoms with van der Waals surface area (Å²) in [6.07, 6.45) is 1.16. The highest BCUT2D eigenvalue weighted by atomic mass is 16.6. The summed E-state index contributed by atoms with van der Waals surface area (Å²) >= 11 is 0. The number of hydrogen-bond acceptors (Lipinski definition) is 5. The van der Waals surface area contributed by atoms with E-state index in [2.05, 4.69) is 10.1 Å². The molecule has 0 fully saturated rings. The molecule has 0 aliphatic heterocycles. The van der Waals surface area contributed by atoms with Crippen LogP contribution in [0.3, 0.4) is 0 Å². The van der Waals surface area contributed by atoms with Crippen molar-refractivity contribution < 1.29 is 14.7 Å². The molecule has 0 aliphatic rings. The molecule has 0 aliphatic carbocycles. The van der Waals surface area contributed by atoms with E-state index < -0.39 is 11.7 Å². The predicted molar refractivity (Wildman–Crippen MR) is 75.4 cm³/mol. The highest BCUT2D eigenvalue weighted by Gasteiger charge is 2.19. The Morgan fingerprint density at radius 2 is 2.05 bits per heavy atom. The Hall–Kier alpha value is -2.37. The average Bonchev–Trinajstić information content (AvgIpc) is 2.78. The van der Waals surface area contributed by atoms with Crippen molar-refractivity contribution in [3.8, 4) is 0 Å². The number of carbonyl (C=O) groups excluding carboxylic acids is 1. The molecule has 0 amide bonds. The van der Waals surface area contributed by atoms with Crippen LogP contribution >= 0.6 is 0 Å². The van der Waals surface area contributed by atoms with Crippen LogP contribution in [0.5, 0.6) is 0 Å². The van der Waals surface area contributed by atoms with Crippen LogP contribution in [0.2, 0.25) is 0 Å². The molecule has 0 unspecified atom stereocenters. The second-order valence-electron chi connectivity index (χ2n) is 5.45. The summed E-state index contributed by atoms with van der Waals surface area (Å²) in [7, 11) is 0. The predicted octanol–water partition coefficient (Wildman–Crippen LogP) is 3.02. The first-order valence-electron chi connectivity index (χ1n) is 6.22. The van der Waals surface area contributed by atoms with Gasteiger partial charge in [0.2, 0.25) is 0 Å². The van der Waals surface area contributed by atoms with E-state index in [0.29, 0.717) is 22.4 Å². The Balaban J connectivity index is 2.41. The van der Waals surface area contributed by atoms with Gasteiger partial charge in [0.25, 0.3) is 0 Å². The molecule has 0 aromatic carbocycles. The van der Waals surface area contributed by atoms with Crippen molar-refractivity contribution in [3.63, 3.8) is 0 Å². The number of fused-ring (bicyclic) bond motifs is 1. The van der Waals surface area contributed by atoms with Gasteiger partial charge in [0.15, 0.2) is 0 Å². The van der Waals surface area contributed by atoms with Crippen LogP contribution in [0.4, 0.5) is 4.79 Å². The number of nitrogens with zero attached hydrogens (tertiary/aromatic N) is 3. The van der Waals surface area contributed by atoms with Crippen LogP contribution in [-0.2, 0) is 4.74 Å². The minimum absolute atomic E-state index is 0.414. The largest absolute Gasteiger partial charge is 0.443 e. The van der Waals surface area contributed by atoms with Gasteiger partial charge in [-0.3, -0.25) is 4.57 Å². The Morgan fingerprint density at radius 3 is 2.65 bits per heavy atom. The van der Waals surface area contributed by atoms with Gasteiger partial charge in [-0.05, 0) is 45.9 Å². The van der Waals surface area contributed by atoms with Crippen LogP contribution in [0.1, 0.15) is 33.4 Å². The lowest BCUT2D eigenvalue weighted by molar-refractivity contribution is 0.0544. The van der Waals surface area contributed by atoms with Crippen molar-refractivity contribution in [2.45, 2.75) is 33.3 Å². The zero-order valence-corrected chi connectivity index (χ0v) is 11.9. The van der Waals surface area contributed by atoms with Crippen LogP contribution < -0.4 is 0 Å². The van der Waals surface area contributed by atoms with Crippen molar-refractivity contribution in [2.75, 3.05) is 0 Å². The van der Waals surface area contributed by atoms with Gasteiger partial charge < -0.3 is 9.94 Å². The number of pyridine rings is 1. The maximum Gasteiger partial charge on any atom is 0.419 e. The van der Waals surface area contributed by atoms with E-state index >= 15 is 0 Å². The van der Waals surface area contributed by atoms with Crippen LogP contribution in [-0.4, -0.2) is 32.2 Å². The van der Waals surface area contributed by atoms with Gasteiger partial charge in [-0.1, -0.05) is 5.16 Å². The van der Waals surface area contributed by atoms with E-state index in [9.17, 15) is 4.79 Å². The molecule has 2 aromatic rings. The summed E-state index contributed by atoms with van der Waals surface area (Å²) in [5.74, 6) is 0. The summed E-state index contributed by atoms with van der Waals surface area (Å²) in [6, 6.07) is 5.15. The van der Waals surface area contributed by atoms with Gasteiger partial charge in [0.1, 0.15) is 11.3 Å². The molecular formula is C14H17N3O3. The molecule has 2 aromatic heterocycles. The summed E-state index contributed by atoms with van der Waals surface area (Å²) in [5, 5.41) is 11.9. The topological polar surface area (TPSA) is 76.7 Å². The van der Waals surface area contributed by atoms with Crippen molar-refractivity contribution in [2.24, 2.45) is 5.16 Å². The van der Waals surface area contributed by atoms with Crippen LogP contribution in [0, 0.1) is 0 Å². The van der Waals surface area contributed by atoms with Crippen molar-refractivity contribution in [3.05, 3.63) is 30.1 Å². The van der Waals surface area contributed by atoms with E-state index in [4.69, 9.17) is 9.94 Å². The molecule has 2 rings (SSSR count). The minimum Gasteiger partial charge on any atom is -0.443 e. The molecule has 0 bridgehead atoms. The number of rotatable bonds is 1. The monoisotopic (exact) mass is 275 g/mol. The minimum atomic E-state index is -0.554. The lowest BCUT2D eigenvalue weighted by Gasteiger charge is -2.19. The Kier molecular flexibility index (Phi) is 3.48. The van der Waals surface area contributed by atoms with Crippen molar-refractivity contribution >= 4 is 22.8 Å². The molecular weight excluding hydrogens is 258 g/mol. The van der Waals surface area contributed by atoms with Crippen LogP contribution in [0.25, 0.3) is 11.0 Å². The summed E-state index contributed by atoms with van der Waals surface area (Å²) in [6.45, 7) is 7.09. The molecule has 20 heavy (non-hydrogen) atoms. The summed E-state index contributed by atoms with van der Waals surface area (Å²) < 4.78 is 6.73. The average molecular weight is 275 g/mol. The van der Waals surface area contributed by atoms with E-state index in [1.807, 2.05) is 20.8 Å².